The van der Waals surface area contributed by atoms with Gasteiger partial charge < -0.3 is 19.6 Å². The second-order valence-electron chi connectivity index (χ2n) is 11.4. The molecule has 1 aliphatic carbocycles. The summed E-state index contributed by atoms with van der Waals surface area (Å²) in [6, 6.07) is 12.9. The van der Waals surface area contributed by atoms with E-state index in [1.807, 2.05) is 23.1 Å². The molecule has 2 aromatic rings. The molecule has 1 heterocycles. The zero-order valence-corrected chi connectivity index (χ0v) is 24.1. The number of aliphatic hydroxyl groups excluding tert-OH is 1. The lowest BCUT2D eigenvalue weighted by Gasteiger charge is -2.56. The summed E-state index contributed by atoms with van der Waals surface area (Å²) in [6.07, 6.45) is 1.77. The van der Waals surface area contributed by atoms with Gasteiger partial charge >= 0.3 is 5.97 Å². The third kappa shape index (κ3) is 6.36. The Kier molecular flexibility index (Phi) is 9.08. The van der Waals surface area contributed by atoms with Gasteiger partial charge in [-0.15, -0.1) is 0 Å². The molecule has 1 aliphatic heterocycles. The van der Waals surface area contributed by atoms with Gasteiger partial charge in [0.1, 0.15) is 5.75 Å². The van der Waals surface area contributed by atoms with Crippen molar-refractivity contribution in [1.82, 2.24) is 9.80 Å². The standard InChI is InChI=1S/C30H38Cl2N2O4/c1-19(2)17-34(29(37)13-21-8-9-26(31)27(32)12-21)23-15-28(36)25-18-33(4)11-10-30(25,16-23)22-6-5-7-24(14-22)38-20(3)35/h5-9,12,14,19,23,25,28,36H,10-11,13,15-18H2,1-4H3/t23-,25+,28?,30+/m1/s1. The Labute approximate surface area is 235 Å². The van der Waals surface area contributed by atoms with Gasteiger partial charge in [0.25, 0.3) is 0 Å². The Morgan fingerprint density at radius 2 is 1.95 bits per heavy atom. The van der Waals surface area contributed by atoms with Gasteiger partial charge in [-0.25, -0.2) is 0 Å². The van der Waals surface area contributed by atoms with Crippen LogP contribution in [-0.2, 0) is 21.4 Å². The molecule has 0 bridgehead atoms. The quantitative estimate of drug-likeness (QED) is 0.364. The van der Waals surface area contributed by atoms with Gasteiger partial charge in [-0.05, 0) is 74.2 Å². The summed E-state index contributed by atoms with van der Waals surface area (Å²) in [5.41, 5.74) is 1.53. The molecule has 2 fully saturated rings. The number of esters is 1. The van der Waals surface area contributed by atoms with E-state index in [1.165, 1.54) is 6.92 Å². The van der Waals surface area contributed by atoms with Crippen molar-refractivity contribution in [1.29, 1.82) is 0 Å². The number of amides is 1. The fraction of sp³-hybridized carbons (Fsp3) is 0.533. The third-order valence-corrected chi connectivity index (χ3v) is 8.81. The van der Waals surface area contributed by atoms with Crippen LogP contribution in [0.3, 0.4) is 0 Å². The van der Waals surface area contributed by atoms with Gasteiger partial charge in [0, 0.05) is 37.4 Å². The maximum absolute atomic E-state index is 13.8. The topological polar surface area (TPSA) is 70.1 Å². The van der Waals surface area contributed by atoms with E-state index in [1.54, 1.807) is 18.2 Å². The average molecular weight is 562 g/mol. The van der Waals surface area contributed by atoms with E-state index in [4.69, 9.17) is 27.9 Å². The van der Waals surface area contributed by atoms with Gasteiger partial charge in [-0.3, -0.25) is 9.59 Å². The van der Waals surface area contributed by atoms with Crippen molar-refractivity contribution in [2.75, 3.05) is 26.7 Å². The molecule has 8 heteroatoms. The number of likely N-dealkylation sites (tertiary alicyclic amines) is 1. The number of rotatable bonds is 7. The fourth-order valence-electron chi connectivity index (χ4n) is 6.39. The second kappa shape index (κ2) is 12.0. The lowest BCUT2D eigenvalue weighted by atomic mass is 9.56. The molecule has 1 N–H and O–H groups in total. The van der Waals surface area contributed by atoms with Crippen LogP contribution in [0.4, 0.5) is 0 Å². The molecule has 0 spiro atoms. The van der Waals surface area contributed by atoms with Crippen molar-refractivity contribution in [3.05, 3.63) is 63.6 Å². The molecule has 0 aromatic heterocycles. The molecule has 6 nitrogen and oxygen atoms in total. The Balaban J connectivity index is 1.69. The number of piperidine rings is 1. The van der Waals surface area contributed by atoms with E-state index >= 15 is 0 Å². The predicted molar refractivity (Wildman–Crippen MR) is 151 cm³/mol. The number of fused-ring (bicyclic) bond motifs is 1. The molecule has 2 aliphatic rings. The molecule has 4 atom stereocenters. The van der Waals surface area contributed by atoms with Crippen molar-refractivity contribution in [3.63, 3.8) is 0 Å². The van der Waals surface area contributed by atoms with Gasteiger partial charge in [-0.1, -0.05) is 55.2 Å². The van der Waals surface area contributed by atoms with Crippen LogP contribution in [0.1, 0.15) is 51.2 Å². The first-order valence-electron chi connectivity index (χ1n) is 13.4. The first kappa shape index (κ1) is 28.9. The molecule has 1 amide bonds. The Morgan fingerprint density at radius 1 is 1.18 bits per heavy atom. The number of ether oxygens (including phenoxy) is 1. The first-order valence-corrected chi connectivity index (χ1v) is 14.1. The normalized spacial score (nSPS) is 25.6. The number of aliphatic hydroxyl groups is 1. The maximum Gasteiger partial charge on any atom is 0.308 e. The lowest BCUT2D eigenvalue weighted by molar-refractivity contribution is -0.138. The van der Waals surface area contributed by atoms with Crippen molar-refractivity contribution < 1.29 is 19.4 Å². The van der Waals surface area contributed by atoms with E-state index in [9.17, 15) is 14.7 Å². The number of halogens is 2. The minimum absolute atomic E-state index is 0.0103. The first-order chi connectivity index (χ1) is 18.0. The van der Waals surface area contributed by atoms with E-state index in [-0.39, 0.29) is 41.6 Å². The van der Waals surface area contributed by atoms with E-state index in [0.29, 0.717) is 28.8 Å². The van der Waals surface area contributed by atoms with Crippen LogP contribution in [-0.4, -0.2) is 65.6 Å². The van der Waals surface area contributed by atoms with Crippen LogP contribution in [0.15, 0.2) is 42.5 Å². The number of carbonyl (C=O) groups is 2. The predicted octanol–water partition coefficient (Wildman–Crippen LogP) is 5.36. The smallest absolute Gasteiger partial charge is 0.308 e. The molecule has 2 aromatic carbocycles. The van der Waals surface area contributed by atoms with Crippen molar-refractivity contribution >= 4 is 35.1 Å². The van der Waals surface area contributed by atoms with Crippen LogP contribution in [0.25, 0.3) is 0 Å². The summed E-state index contributed by atoms with van der Waals surface area (Å²) in [6.45, 7) is 7.87. The molecular formula is C30H38Cl2N2O4. The SMILES string of the molecule is CC(=O)Oc1cccc([C@@]23CCN(C)C[C@H]2C(O)C[C@@H](N(CC(C)C)C(=O)Cc2ccc(Cl)c(Cl)c2)C3)c1. The number of carbonyl (C=O) groups excluding carboxylic acids is 2. The van der Waals surface area contributed by atoms with Crippen LogP contribution in [0, 0.1) is 11.8 Å². The summed E-state index contributed by atoms with van der Waals surface area (Å²) in [5.74, 6) is 0.439. The minimum Gasteiger partial charge on any atom is -0.427 e. The number of benzene rings is 2. The maximum atomic E-state index is 13.8. The minimum atomic E-state index is -0.568. The van der Waals surface area contributed by atoms with Gasteiger partial charge in [0.05, 0.1) is 22.6 Å². The largest absolute Gasteiger partial charge is 0.427 e. The summed E-state index contributed by atoms with van der Waals surface area (Å²) in [5, 5.41) is 12.5. The highest BCUT2D eigenvalue weighted by Crippen LogP contribution is 2.50. The van der Waals surface area contributed by atoms with E-state index in [2.05, 4.69) is 31.9 Å². The van der Waals surface area contributed by atoms with Gasteiger partial charge in [0.15, 0.2) is 0 Å². The third-order valence-electron chi connectivity index (χ3n) is 8.07. The number of hydrogen-bond acceptors (Lipinski definition) is 5. The Hall–Kier alpha value is -2.12. The van der Waals surface area contributed by atoms with E-state index in [0.717, 1.165) is 37.1 Å². The molecule has 206 valence electrons. The molecule has 4 rings (SSSR count). The highest BCUT2D eigenvalue weighted by Gasteiger charge is 2.53. The highest BCUT2D eigenvalue weighted by atomic mass is 35.5. The number of nitrogens with zero attached hydrogens (tertiary/aromatic N) is 2. The average Bonchev–Trinajstić information content (AvgIpc) is 2.85. The van der Waals surface area contributed by atoms with Crippen molar-refractivity contribution in [2.45, 2.75) is 64.0 Å². The zero-order chi connectivity index (χ0) is 27.6. The van der Waals surface area contributed by atoms with Crippen LogP contribution < -0.4 is 4.74 Å². The monoisotopic (exact) mass is 560 g/mol. The zero-order valence-electron chi connectivity index (χ0n) is 22.6. The fourth-order valence-corrected chi connectivity index (χ4v) is 6.71. The molecule has 0 radical (unpaired) electrons. The molecular weight excluding hydrogens is 523 g/mol. The highest BCUT2D eigenvalue weighted by molar-refractivity contribution is 6.42. The summed E-state index contributed by atoms with van der Waals surface area (Å²) in [7, 11) is 2.09. The second-order valence-corrected chi connectivity index (χ2v) is 12.2. The van der Waals surface area contributed by atoms with Gasteiger partial charge in [-0.2, -0.15) is 0 Å². The Morgan fingerprint density at radius 3 is 2.63 bits per heavy atom. The molecule has 38 heavy (non-hydrogen) atoms. The van der Waals surface area contributed by atoms with Gasteiger partial charge in [0.2, 0.25) is 5.91 Å². The summed E-state index contributed by atoms with van der Waals surface area (Å²) in [4.78, 5) is 29.7. The molecule has 1 saturated heterocycles. The van der Waals surface area contributed by atoms with Crippen LogP contribution in [0.2, 0.25) is 10.0 Å². The lowest BCUT2D eigenvalue weighted by Crippen LogP contribution is -2.61. The summed E-state index contributed by atoms with van der Waals surface area (Å²) >= 11 is 12.3. The van der Waals surface area contributed by atoms with Crippen LogP contribution in [0.5, 0.6) is 5.75 Å². The van der Waals surface area contributed by atoms with Crippen molar-refractivity contribution in [2.24, 2.45) is 11.8 Å². The van der Waals surface area contributed by atoms with Crippen molar-refractivity contribution in [3.8, 4) is 5.75 Å². The molecule has 1 unspecified atom stereocenters. The molecule has 1 saturated carbocycles. The van der Waals surface area contributed by atoms with Crippen LogP contribution >= 0.6 is 23.2 Å². The van der Waals surface area contributed by atoms with E-state index < -0.39 is 6.10 Å². The number of hydrogen-bond donors (Lipinski definition) is 1. The summed E-state index contributed by atoms with van der Waals surface area (Å²) < 4.78 is 5.42. The Bertz CT molecular complexity index is 1170.